The molecule has 1 aliphatic heterocycles. The molecule has 30 heavy (non-hydrogen) atoms. The van der Waals surface area contributed by atoms with Gasteiger partial charge in [-0.25, -0.2) is 15.0 Å². The molecule has 1 atom stereocenters. The average molecular weight is 421 g/mol. The van der Waals surface area contributed by atoms with E-state index in [0.29, 0.717) is 17.2 Å². The fraction of sp³-hybridized carbons (Fsp3) is 0.650. The van der Waals surface area contributed by atoms with Crippen molar-refractivity contribution in [2.45, 2.75) is 58.8 Å². The summed E-state index contributed by atoms with van der Waals surface area (Å²) in [6.45, 7) is 5.14. The molecule has 166 valence electrons. The Bertz CT molecular complexity index is 723. The number of amides is 3. The van der Waals surface area contributed by atoms with Gasteiger partial charge in [0, 0.05) is 18.8 Å². The van der Waals surface area contributed by atoms with Gasteiger partial charge in [0.1, 0.15) is 5.69 Å². The molecule has 1 aromatic rings. The molecule has 10 nitrogen and oxygen atoms in total. The van der Waals surface area contributed by atoms with E-state index in [1.165, 1.54) is 0 Å². The van der Waals surface area contributed by atoms with Crippen molar-refractivity contribution in [3.05, 3.63) is 17.5 Å². The minimum absolute atomic E-state index is 0.103. The number of carbonyl (C=O) groups is 3. The van der Waals surface area contributed by atoms with Gasteiger partial charge in [-0.15, -0.1) is 0 Å². The van der Waals surface area contributed by atoms with Crippen molar-refractivity contribution in [1.29, 1.82) is 0 Å². The molecule has 0 saturated carbocycles. The zero-order valence-electron chi connectivity index (χ0n) is 17.8. The van der Waals surface area contributed by atoms with E-state index in [1.807, 2.05) is 0 Å². The van der Waals surface area contributed by atoms with Crippen molar-refractivity contribution in [3.63, 3.8) is 0 Å². The van der Waals surface area contributed by atoms with Crippen LogP contribution in [-0.4, -0.2) is 63.0 Å². The highest BCUT2D eigenvalue weighted by Gasteiger charge is 2.22. The number of likely N-dealkylation sites (tertiary alicyclic amines) is 1. The first-order valence-corrected chi connectivity index (χ1v) is 10.6. The van der Waals surface area contributed by atoms with Crippen LogP contribution >= 0.6 is 0 Å². The van der Waals surface area contributed by atoms with Gasteiger partial charge in [-0.3, -0.25) is 30.4 Å². The maximum atomic E-state index is 12.7. The lowest BCUT2D eigenvalue weighted by Crippen LogP contribution is -2.41. The Morgan fingerprint density at radius 3 is 2.67 bits per heavy atom. The van der Waals surface area contributed by atoms with Gasteiger partial charge in [0.05, 0.1) is 12.5 Å². The molecule has 1 saturated heterocycles. The molecule has 2 rings (SSSR count). The van der Waals surface area contributed by atoms with Gasteiger partial charge >= 0.3 is 0 Å². The van der Waals surface area contributed by atoms with Crippen molar-refractivity contribution in [2.24, 2.45) is 5.92 Å². The number of carbonyl (C=O) groups excluding carboxylic acids is 3. The van der Waals surface area contributed by atoms with E-state index >= 15 is 0 Å². The Balaban J connectivity index is 2.01. The molecule has 0 aromatic carbocycles. The van der Waals surface area contributed by atoms with Crippen LogP contribution < -0.4 is 10.9 Å². The molecule has 0 bridgehead atoms. The van der Waals surface area contributed by atoms with Crippen molar-refractivity contribution < 1.29 is 19.6 Å². The van der Waals surface area contributed by atoms with Crippen LogP contribution in [0, 0.1) is 12.8 Å². The Kier molecular flexibility index (Phi) is 9.46. The highest BCUT2D eigenvalue weighted by atomic mass is 16.5. The number of hydroxylamine groups is 2. The molecule has 3 amide bonds. The van der Waals surface area contributed by atoms with Gasteiger partial charge in [-0.1, -0.05) is 26.2 Å². The molecule has 1 aliphatic rings. The molecule has 2 heterocycles. The first-order chi connectivity index (χ1) is 14.4. The summed E-state index contributed by atoms with van der Waals surface area (Å²) in [4.78, 5) is 46.2. The lowest BCUT2D eigenvalue weighted by Gasteiger charge is -2.26. The highest BCUT2D eigenvalue weighted by molar-refractivity contribution is 5.92. The lowest BCUT2D eigenvalue weighted by atomic mass is 10.0. The number of piperidine rings is 1. The predicted molar refractivity (Wildman–Crippen MR) is 110 cm³/mol. The maximum Gasteiger partial charge on any atom is 0.272 e. The first-order valence-electron chi connectivity index (χ1n) is 10.6. The normalized spacial score (nSPS) is 14.7. The zero-order valence-corrected chi connectivity index (χ0v) is 17.8. The fourth-order valence-corrected chi connectivity index (χ4v) is 3.43. The summed E-state index contributed by atoms with van der Waals surface area (Å²) in [7, 11) is 0. The Morgan fingerprint density at radius 1 is 1.27 bits per heavy atom. The minimum Gasteiger partial charge on any atom is -0.337 e. The van der Waals surface area contributed by atoms with Crippen LogP contribution in [0.25, 0.3) is 0 Å². The van der Waals surface area contributed by atoms with E-state index < -0.39 is 5.92 Å². The SMILES string of the molecule is CCCCC[C@@H](CN(O)C=O)C(=O)NNc1nc(C)cc(C(=O)N2CCCCC2)n1. The Labute approximate surface area is 177 Å². The third kappa shape index (κ3) is 7.25. The summed E-state index contributed by atoms with van der Waals surface area (Å²) in [5, 5.41) is 9.94. The number of anilines is 1. The number of aromatic nitrogens is 2. The van der Waals surface area contributed by atoms with Gasteiger partial charge in [0.2, 0.25) is 18.3 Å². The van der Waals surface area contributed by atoms with Gasteiger partial charge < -0.3 is 4.90 Å². The molecule has 0 radical (unpaired) electrons. The number of aryl methyl sites for hydroxylation is 1. The second-order valence-electron chi connectivity index (χ2n) is 7.61. The molecule has 0 unspecified atom stereocenters. The van der Waals surface area contributed by atoms with Crippen LogP contribution in [0.5, 0.6) is 0 Å². The van der Waals surface area contributed by atoms with E-state index in [1.54, 1.807) is 17.9 Å². The monoisotopic (exact) mass is 420 g/mol. The maximum absolute atomic E-state index is 12.7. The second-order valence-corrected chi connectivity index (χ2v) is 7.61. The largest absolute Gasteiger partial charge is 0.337 e. The van der Waals surface area contributed by atoms with Crippen molar-refractivity contribution in [2.75, 3.05) is 25.1 Å². The van der Waals surface area contributed by atoms with Gasteiger partial charge in [-0.05, 0) is 38.7 Å². The number of rotatable bonds is 11. The summed E-state index contributed by atoms with van der Waals surface area (Å²) in [5.74, 6) is -0.999. The van der Waals surface area contributed by atoms with Gasteiger partial charge in [0.15, 0.2) is 0 Å². The van der Waals surface area contributed by atoms with Crippen LogP contribution in [-0.2, 0) is 9.59 Å². The van der Waals surface area contributed by atoms with Crippen LogP contribution in [0.1, 0.15) is 68.1 Å². The van der Waals surface area contributed by atoms with E-state index in [0.717, 1.165) is 51.6 Å². The number of hydrogen-bond donors (Lipinski definition) is 3. The predicted octanol–water partition coefficient (Wildman–Crippen LogP) is 1.90. The number of nitrogens with zero attached hydrogens (tertiary/aromatic N) is 4. The Morgan fingerprint density at radius 2 is 2.00 bits per heavy atom. The smallest absolute Gasteiger partial charge is 0.272 e. The summed E-state index contributed by atoms with van der Waals surface area (Å²) >= 11 is 0. The highest BCUT2D eigenvalue weighted by Crippen LogP contribution is 2.14. The Hall–Kier alpha value is -2.75. The van der Waals surface area contributed by atoms with Crippen molar-refractivity contribution in [1.82, 2.24) is 25.4 Å². The van der Waals surface area contributed by atoms with Crippen LogP contribution in [0.3, 0.4) is 0 Å². The zero-order chi connectivity index (χ0) is 21.9. The quantitative estimate of drug-likeness (QED) is 0.216. The molecular formula is C20H32N6O4. The summed E-state index contributed by atoms with van der Waals surface area (Å²) < 4.78 is 0. The fourth-order valence-electron chi connectivity index (χ4n) is 3.43. The van der Waals surface area contributed by atoms with Crippen molar-refractivity contribution >= 4 is 24.2 Å². The van der Waals surface area contributed by atoms with Crippen LogP contribution in [0.2, 0.25) is 0 Å². The molecule has 0 aliphatic carbocycles. The molecular weight excluding hydrogens is 388 g/mol. The summed E-state index contributed by atoms with van der Waals surface area (Å²) in [6.07, 6.45) is 6.64. The third-order valence-corrected chi connectivity index (χ3v) is 5.07. The number of nitrogens with one attached hydrogen (secondary N) is 2. The summed E-state index contributed by atoms with van der Waals surface area (Å²) in [5.41, 5.74) is 6.08. The van der Waals surface area contributed by atoms with Gasteiger partial charge in [-0.2, -0.15) is 0 Å². The van der Waals surface area contributed by atoms with Crippen LogP contribution in [0.4, 0.5) is 5.95 Å². The molecule has 1 aromatic heterocycles. The van der Waals surface area contributed by atoms with Crippen molar-refractivity contribution in [3.8, 4) is 0 Å². The van der Waals surface area contributed by atoms with E-state index in [9.17, 15) is 19.6 Å². The summed E-state index contributed by atoms with van der Waals surface area (Å²) in [6, 6.07) is 1.63. The van der Waals surface area contributed by atoms with E-state index in [4.69, 9.17) is 0 Å². The molecule has 1 fully saturated rings. The first kappa shape index (κ1) is 23.5. The standard InChI is InChI=1S/C20H32N6O4/c1-3-4-6-9-16(13-26(30)14-27)18(28)23-24-20-21-15(2)12-17(22-20)19(29)25-10-7-5-8-11-25/h12,14,16,30H,3-11,13H2,1-2H3,(H,23,28)(H,21,22,24)/t16-/m0/s1. The number of unbranched alkanes of at least 4 members (excludes halogenated alkanes) is 2. The van der Waals surface area contributed by atoms with E-state index in [2.05, 4.69) is 27.7 Å². The molecule has 0 spiro atoms. The second kappa shape index (κ2) is 12.1. The number of hydrogen-bond acceptors (Lipinski definition) is 7. The molecule has 3 N–H and O–H groups in total. The van der Waals surface area contributed by atoms with Crippen LogP contribution in [0.15, 0.2) is 6.07 Å². The minimum atomic E-state index is -0.585. The number of hydrazine groups is 1. The molecule has 10 heteroatoms. The average Bonchev–Trinajstić information content (AvgIpc) is 2.76. The topological polar surface area (TPSA) is 128 Å². The lowest BCUT2D eigenvalue weighted by molar-refractivity contribution is -0.154. The third-order valence-electron chi connectivity index (χ3n) is 5.07. The van der Waals surface area contributed by atoms with Gasteiger partial charge in [0.25, 0.3) is 5.91 Å². The van der Waals surface area contributed by atoms with E-state index in [-0.39, 0.29) is 36.4 Å².